The molecule has 0 radical (unpaired) electrons. The number of benzene rings is 1. The van der Waals surface area contributed by atoms with Gasteiger partial charge in [0.25, 0.3) is 5.91 Å². The van der Waals surface area contributed by atoms with Gasteiger partial charge in [0, 0.05) is 18.2 Å². The quantitative estimate of drug-likeness (QED) is 0.897. The van der Waals surface area contributed by atoms with Crippen LogP contribution in [-0.4, -0.2) is 18.5 Å². The van der Waals surface area contributed by atoms with Gasteiger partial charge < -0.3 is 11.1 Å². The van der Waals surface area contributed by atoms with Crippen LogP contribution >= 0.6 is 0 Å². The van der Waals surface area contributed by atoms with Crippen LogP contribution in [0.5, 0.6) is 0 Å². The zero-order chi connectivity index (χ0) is 16.3. The molecule has 0 aliphatic rings. The number of alkyl halides is 3. The van der Waals surface area contributed by atoms with Crippen molar-refractivity contribution in [3.05, 3.63) is 35.4 Å². The maximum Gasteiger partial charge on any atom is 0.416 e. The van der Waals surface area contributed by atoms with Crippen LogP contribution in [-0.2, 0) is 6.18 Å². The van der Waals surface area contributed by atoms with E-state index in [2.05, 4.69) is 5.32 Å². The molecule has 1 atom stereocenters. The summed E-state index contributed by atoms with van der Waals surface area (Å²) >= 11 is 0. The number of hydrogen-bond donors (Lipinski definition) is 2. The fourth-order valence-corrected chi connectivity index (χ4v) is 2.02. The highest BCUT2D eigenvalue weighted by Crippen LogP contribution is 2.29. The van der Waals surface area contributed by atoms with Crippen molar-refractivity contribution in [2.75, 3.05) is 6.54 Å². The first-order valence-corrected chi connectivity index (χ1v) is 6.70. The van der Waals surface area contributed by atoms with Crippen LogP contribution in [0.15, 0.2) is 24.3 Å². The van der Waals surface area contributed by atoms with Crippen molar-refractivity contribution >= 4 is 5.91 Å². The molecule has 0 spiro atoms. The van der Waals surface area contributed by atoms with E-state index < -0.39 is 17.6 Å². The molecule has 0 saturated heterocycles. The van der Waals surface area contributed by atoms with Gasteiger partial charge in [-0.2, -0.15) is 13.2 Å². The number of halogens is 3. The summed E-state index contributed by atoms with van der Waals surface area (Å²) in [5.41, 5.74) is 5.06. The van der Waals surface area contributed by atoms with E-state index in [4.69, 9.17) is 5.73 Å². The maximum absolute atomic E-state index is 12.6. The van der Waals surface area contributed by atoms with Gasteiger partial charge in [-0.25, -0.2) is 0 Å². The molecule has 0 fully saturated rings. The van der Waals surface area contributed by atoms with Crippen LogP contribution in [0.2, 0.25) is 0 Å². The monoisotopic (exact) mass is 302 g/mol. The minimum absolute atomic E-state index is 0.0206. The fraction of sp³-hybridized carbons (Fsp3) is 0.533. The second kappa shape index (κ2) is 6.47. The van der Waals surface area contributed by atoms with Crippen molar-refractivity contribution in [2.45, 2.75) is 39.4 Å². The van der Waals surface area contributed by atoms with Crippen LogP contribution < -0.4 is 11.1 Å². The number of carbonyl (C=O) groups excluding carboxylic acids is 1. The van der Waals surface area contributed by atoms with Gasteiger partial charge in [-0.3, -0.25) is 4.79 Å². The third-order valence-corrected chi connectivity index (χ3v) is 2.85. The summed E-state index contributed by atoms with van der Waals surface area (Å²) in [6, 6.07) is 4.10. The Labute approximate surface area is 122 Å². The van der Waals surface area contributed by atoms with Gasteiger partial charge in [-0.15, -0.1) is 0 Å². The molecule has 1 aromatic rings. The minimum Gasteiger partial charge on any atom is -0.350 e. The summed E-state index contributed by atoms with van der Waals surface area (Å²) in [4.78, 5) is 11.9. The van der Waals surface area contributed by atoms with Gasteiger partial charge in [0.2, 0.25) is 0 Å². The summed E-state index contributed by atoms with van der Waals surface area (Å²) in [5, 5.41) is 2.57. The molecule has 6 heteroatoms. The lowest BCUT2D eigenvalue weighted by Gasteiger charge is -2.23. The van der Waals surface area contributed by atoms with Crippen molar-refractivity contribution in [1.82, 2.24) is 5.32 Å². The topological polar surface area (TPSA) is 55.1 Å². The normalized spacial score (nSPS) is 13.9. The highest BCUT2D eigenvalue weighted by Gasteiger charge is 2.30. The number of nitrogens with one attached hydrogen (secondary N) is 1. The smallest absolute Gasteiger partial charge is 0.350 e. The molecule has 3 N–H and O–H groups in total. The average Bonchev–Trinajstić information content (AvgIpc) is 2.33. The molecule has 1 rings (SSSR count). The number of amides is 1. The van der Waals surface area contributed by atoms with E-state index in [9.17, 15) is 18.0 Å². The molecule has 1 aromatic carbocycles. The van der Waals surface area contributed by atoms with Crippen LogP contribution in [0, 0.1) is 5.41 Å². The molecular weight excluding hydrogens is 281 g/mol. The van der Waals surface area contributed by atoms with E-state index >= 15 is 0 Å². The van der Waals surface area contributed by atoms with Gasteiger partial charge >= 0.3 is 6.18 Å². The van der Waals surface area contributed by atoms with E-state index in [1.807, 2.05) is 20.8 Å². The lowest BCUT2D eigenvalue weighted by Crippen LogP contribution is -2.39. The van der Waals surface area contributed by atoms with Crippen LogP contribution in [0.3, 0.4) is 0 Å². The van der Waals surface area contributed by atoms with Gasteiger partial charge in [-0.05, 0) is 30.0 Å². The summed E-state index contributed by atoms with van der Waals surface area (Å²) in [6.07, 6.45) is -3.76. The molecule has 1 amide bonds. The maximum atomic E-state index is 12.6. The SMILES string of the molecule is CC(C)(C)CC(N)CNC(=O)c1cccc(C(F)(F)F)c1. The van der Waals surface area contributed by atoms with Gasteiger partial charge in [0.15, 0.2) is 0 Å². The fourth-order valence-electron chi connectivity index (χ4n) is 2.02. The first-order chi connectivity index (χ1) is 9.49. The lowest BCUT2D eigenvalue weighted by atomic mass is 9.88. The summed E-state index contributed by atoms with van der Waals surface area (Å²) in [6.45, 7) is 6.32. The molecule has 0 aromatic heterocycles. The molecule has 3 nitrogen and oxygen atoms in total. The zero-order valence-electron chi connectivity index (χ0n) is 12.4. The molecule has 0 heterocycles. The Bertz CT molecular complexity index is 492. The molecular formula is C15H21F3N2O. The van der Waals surface area contributed by atoms with Gasteiger partial charge in [0.05, 0.1) is 5.56 Å². The molecule has 0 bridgehead atoms. The largest absolute Gasteiger partial charge is 0.416 e. The molecule has 0 aliphatic carbocycles. The molecule has 0 saturated carbocycles. The highest BCUT2D eigenvalue weighted by molar-refractivity contribution is 5.94. The number of nitrogens with two attached hydrogens (primary N) is 1. The van der Waals surface area contributed by atoms with E-state index in [1.165, 1.54) is 12.1 Å². The van der Waals surface area contributed by atoms with E-state index in [1.54, 1.807) is 0 Å². The Morgan fingerprint density at radius 2 is 1.90 bits per heavy atom. The Kier molecular flexibility index (Phi) is 5.39. The minimum atomic E-state index is -4.46. The van der Waals surface area contributed by atoms with Crippen molar-refractivity contribution in [3.63, 3.8) is 0 Å². The molecule has 118 valence electrons. The average molecular weight is 302 g/mol. The number of hydrogen-bond acceptors (Lipinski definition) is 2. The first kappa shape index (κ1) is 17.5. The van der Waals surface area contributed by atoms with E-state index in [-0.39, 0.29) is 23.6 Å². The summed E-state index contributed by atoms with van der Waals surface area (Å²) in [7, 11) is 0. The Balaban J connectivity index is 2.65. The van der Waals surface area contributed by atoms with Crippen molar-refractivity contribution < 1.29 is 18.0 Å². The first-order valence-electron chi connectivity index (χ1n) is 6.70. The van der Waals surface area contributed by atoms with Crippen molar-refractivity contribution in [2.24, 2.45) is 11.1 Å². The molecule has 21 heavy (non-hydrogen) atoms. The Morgan fingerprint density at radius 3 is 2.43 bits per heavy atom. The lowest BCUT2D eigenvalue weighted by molar-refractivity contribution is -0.137. The van der Waals surface area contributed by atoms with Crippen LogP contribution in [0.1, 0.15) is 43.1 Å². The standard InChI is InChI=1S/C15H21F3N2O/c1-14(2,3)8-12(19)9-20-13(21)10-5-4-6-11(7-10)15(16,17)18/h4-7,12H,8-9,19H2,1-3H3,(H,20,21). The predicted octanol–water partition coefficient (Wildman–Crippen LogP) is 3.20. The molecule has 1 unspecified atom stereocenters. The van der Waals surface area contributed by atoms with E-state index in [0.717, 1.165) is 12.1 Å². The van der Waals surface area contributed by atoms with Crippen LogP contribution in [0.4, 0.5) is 13.2 Å². The van der Waals surface area contributed by atoms with Crippen molar-refractivity contribution in [3.8, 4) is 0 Å². The Morgan fingerprint density at radius 1 is 1.29 bits per heavy atom. The summed E-state index contributed by atoms with van der Waals surface area (Å²) < 4.78 is 37.7. The predicted molar refractivity (Wildman–Crippen MR) is 75.8 cm³/mol. The van der Waals surface area contributed by atoms with Gasteiger partial charge in [0.1, 0.15) is 0 Å². The zero-order valence-corrected chi connectivity index (χ0v) is 12.4. The third-order valence-electron chi connectivity index (χ3n) is 2.85. The van der Waals surface area contributed by atoms with Crippen LogP contribution in [0.25, 0.3) is 0 Å². The van der Waals surface area contributed by atoms with E-state index in [0.29, 0.717) is 6.42 Å². The third kappa shape index (κ3) is 6.16. The number of carbonyl (C=O) groups is 1. The van der Waals surface area contributed by atoms with Gasteiger partial charge in [-0.1, -0.05) is 26.8 Å². The Hall–Kier alpha value is -1.56. The molecule has 0 aliphatic heterocycles. The summed E-state index contributed by atoms with van der Waals surface area (Å²) in [5.74, 6) is -0.551. The highest BCUT2D eigenvalue weighted by atomic mass is 19.4. The van der Waals surface area contributed by atoms with Crippen molar-refractivity contribution in [1.29, 1.82) is 0 Å². The second-order valence-electron chi connectivity index (χ2n) is 6.31. The number of rotatable bonds is 4. The second-order valence-corrected chi connectivity index (χ2v) is 6.31.